The molecule has 0 atom stereocenters. The van der Waals surface area contributed by atoms with Crippen molar-refractivity contribution in [2.45, 2.75) is 6.92 Å². The third-order valence-electron chi connectivity index (χ3n) is 2.52. The highest BCUT2D eigenvalue weighted by Crippen LogP contribution is 2.28. The lowest BCUT2D eigenvalue weighted by molar-refractivity contribution is -0.384. The monoisotopic (exact) mass is 359 g/mol. The zero-order valence-electron chi connectivity index (χ0n) is 10.2. The Bertz CT molecular complexity index is 697. The van der Waals surface area contributed by atoms with Crippen LogP contribution >= 0.6 is 27.5 Å². The number of hydrogen-bond acceptors (Lipinski definition) is 4. The van der Waals surface area contributed by atoms with Crippen molar-refractivity contribution < 1.29 is 9.31 Å². The number of rotatable bonds is 3. The molecule has 0 amide bonds. The summed E-state index contributed by atoms with van der Waals surface area (Å²) < 4.78 is 13.8. The van der Waals surface area contributed by atoms with E-state index < -0.39 is 10.7 Å². The van der Waals surface area contributed by atoms with E-state index in [2.05, 4.69) is 26.2 Å². The second kappa shape index (κ2) is 5.72. The zero-order chi connectivity index (χ0) is 14.9. The second-order valence-corrected chi connectivity index (χ2v) is 5.24. The van der Waals surface area contributed by atoms with E-state index in [-0.39, 0.29) is 16.7 Å². The van der Waals surface area contributed by atoms with E-state index in [0.717, 1.165) is 11.6 Å². The van der Waals surface area contributed by atoms with Gasteiger partial charge < -0.3 is 5.32 Å². The Morgan fingerprint density at radius 3 is 2.75 bits per heavy atom. The molecule has 0 saturated heterocycles. The summed E-state index contributed by atoms with van der Waals surface area (Å²) in [6.45, 7) is 1.77. The Labute approximate surface area is 127 Å². The largest absolute Gasteiger partial charge is 0.340 e. The van der Waals surface area contributed by atoms with E-state index in [1.165, 1.54) is 12.1 Å². The quantitative estimate of drug-likeness (QED) is 0.493. The Hall–Kier alpha value is -1.73. The normalized spacial score (nSPS) is 10.4. The Balaban J connectivity index is 2.40. The predicted molar refractivity (Wildman–Crippen MR) is 78.0 cm³/mol. The summed E-state index contributed by atoms with van der Waals surface area (Å²) in [6, 6.07) is 5.23. The van der Waals surface area contributed by atoms with Crippen LogP contribution in [0.25, 0.3) is 0 Å². The van der Waals surface area contributed by atoms with Gasteiger partial charge in [-0.25, -0.2) is 9.37 Å². The number of aromatic nitrogens is 1. The topological polar surface area (TPSA) is 68.1 Å². The number of hydrogen-bond donors (Lipinski definition) is 1. The molecule has 1 aromatic heterocycles. The standard InChI is InChI=1S/C12H8BrClFN3O2/c1-6-2-8(13)9(15)5-10(6)16-12-4-7(18(19)20)3-11(14)17-12/h2-5H,1H3,(H,16,17). The Morgan fingerprint density at radius 2 is 2.10 bits per heavy atom. The van der Waals surface area contributed by atoms with Gasteiger partial charge in [-0.3, -0.25) is 10.1 Å². The zero-order valence-corrected chi connectivity index (χ0v) is 12.5. The van der Waals surface area contributed by atoms with E-state index in [0.29, 0.717) is 10.2 Å². The van der Waals surface area contributed by atoms with E-state index in [9.17, 15) is 14.5 Å². The highest BCUT2D eigenvalue weighted by Gasteiger charge is 2.12. The van der Waals surface area contributed by atoms with Crippen LogP contribution in [0, 0.1) is 22.9 Å². The van der Waals surface area contributed by atoms with Crippen molar-refractivity contribution in [3.8, 4) is 0 Å². The van der Waals surface area contributed by atoms with Gasteiger partial charge in [0.05, 0.1) is 21.5 Å². The molecule has 5 nitrogen and oxygen atoms in total. The van der Waals surface area contributed by atoms with E-state index in [4.69, 9.17) is 11.6 Å². The molecule has 1 heterocycles. The first-order valence-electron chi connectivity index (χ1n) is 5.41. The number of aryl methyl sites for hydroxylation is 1. The summed E-state index contributed by atoms with van der Waals surface area (Å²) in [4.78, 5) is 14.1. The van der Waals surface area contributed by atoms with Gasteiger partial charge in [-0.2, -0.15) is 0 Å². The molecule has 8 heteroatoms. The SMILES string of the molecule is Cc1cc(Br)c(F)cc1Nc1cc([N+](=O)[O-])cc(Cl)n1. The molecule has 0 unspecified atom stereocenters. The van der Waals surface area contributed by atoms with Crippen LogP contribution in [-0.2, 0) is 0 Å². The first-order chi connectivity index (χ1) is 9.36. The first-order valence-corrected chi connectivity index (χ1v) is 6.58. The summed E-state index contributed by atoms with van der Waals surface area (Å²) in [7, 11) is 0. The van der Waals surface area contributed by atoms with Crippen molar-refractivity contribution in [3.05, 3.63) is 55.4 Å². The predicted octanol–water partition coefficient (Wildman–Crippen LogP) is 4.60. The molecule has 0 spiro atoms. The molecule has 1 aromatic carbocycles. The summed E-state index contributed by atoms with van der Waals surface area (Å²) >= 11 is 8.80. The van der Waals surface area contributed by atoms with Crippen LogP contribution in [0.1, 0.15) is 5.56 Å². The number of nitrogens with one attached hydrogen (secondary N) is 1. The van der Waals surface area contributed by atoms with Gasteiger partial charge in [-0.05, 0) is 40.5 Å². The Morgan fingerprint density at radius 1 is 1.40 bits per heavy atom. The minimum Gasteiger partial charge on any atom is -0.340 e. The van der Waals surface area contributed by atoms with Gasteiger partial charge in [0.1, 0.15) is 16.8 Å². The van der Waals surface area contributed by atoms with Gasteiger partial charge in [-0.15, -0.1) is 0 Å². The molecular formula is C12H8BrClFN3O2. The van der Waals surface area contributed by atoms with Crippen molar-refractivity contribution in [2.75, 3.05) is 5.32 Å². The van der Waals surface area contributed by atoms with Crippen LogP contribution in [0.5, 0.6) is 0 Å². The van der Waals surface area contributed by atoms with Gasteiger partial charge in [0.2, 0.25) is 0 Å². The van der Waals surface area contributed by atoms with Crippen LogP contribution in [0.3, 0.4) is 0 Å². The van der Waals surface area contributed by atoms with Crippen molar-refractivity contribution in [1.29, 1.82) is 0 Å². The van der Waals surface area contributed by atoms with Crippen LogP contribution in [0.4, 0.5) is 21.6 Å². The van der Waals surface area contributed by atoms with Crippen molar-refractivity contribution in [1.82, 2.24) is 4.98 Å². The van der Waals surface area contributed by atoms with Crippen LogP contribution in [0.2, 0.25) is 5.15 Å². The molecule has 104 valence electrons. The number of nitrogens with zero attached hydrogens (tertiary/aromatic N) is 2. The lowest BCUT2D eigenvalue weighted by atomic mass is 10.2. The maximum atomic E-state index is 13.5. The summed E-state index contributed by atoms with van der Waals surface area (Å²) in [5.41, 5.74) is 1.01. The molecule has 2 aromatic rings. The van der Waals surface area contributed by atoms with Crippen LogP contribution in [0.15, 0.2) is 28.7 Å². The number of anilines is 2. The minimum atomic E-state index is -0.576. The summed E-state index contributed by atoms with van der Waals surface area (Å²) in [5.74, 6) is -0.274. The number of benzene rings is 1. The van der Waals surface area contributed by atoms with Gasteiger partial charge in [0.25, 0.3) is 5.69 Å². The molecule has 0 aliphatic carbocycles. The fraction of sp³-hybridized carbons (Fsp3) is 0.0833. The number of nitro groups is 1. The molecule has 1 N–H and O–H groups in total. The highest BCUT2D eigenvalue weighted by atomic mass is 79.9. The summed E-state index contributed by atoms with van der Waals surface area (Å²) in [6.07, 6.45) is 0. The fourth-order valence-electron chi connectivity index (χ4n) is 1.57. The first kappa shape index (κ1) is 14.7. The second-order valence-electron chi connectivity index (χ2n) is 4.00. The van der Waals surface area contributed by atoms with Crippen LogP contribution < -0.4 is 5.32 Å². The maximum absolute atomic E-state index is 13.5. The van der Waals surface area contributed by atoms with Gasteiger partial charge in [0.15, 0.2) is 0 Å². The van der Waals surface area contributed by atoms with E-state index >= 15 is 0 Å². The molecule has 0 bridgehead atoms. The number of pyridine rings is 1. The van der Waals surface area contributed by atoms with Crippen LogP contribution in [-0.4, -0.2) is 9.91 Å². The van der Waals surface area contributed by atoms with Gasteiger partial charge >= 0.3 is 0 Å². The smallest absolute Gasteiger partial charge is 0.276 e. The molecule has 20 heavy (non-hydrogen) atoms. The van der Waals surface area contributed by atoms with E-state index in [1.54, 1.807) is 13.0 Å². The van der Waals surface area contributed by atoms with E-state index in [1.807, 2.05) is 0 Å². The average Bonchev–Trinajstić information content (AvgIpc) is 2.35. The fourth-order valence-corrected chi connectivity index (χ4v) is 2.23. The summed E-state index contributed by atoms with van der Waals surface area (Å²) in [5, 5.41) is 13.5. The maximum Gasteiger partial charge on any atom is 0.276 e. The molecule has 0 aliphatic rings. The molecular weight excluding hydrogens is 353 g/mol. The molecule has 0 saturated carbocycles. The lowest BCUT2D eigenvalue weighted by Gasteiger charge is -2.10. The van der Waals surface area contributed by atoms with Crippen molar-refractivity contribution in [2.24, 2.45) is 0 Å². The lowest BCUT2D eigenvalue weighted by Crippen LogP contribution is -1.99. The average molecular weight is 361 g/mol. The third-order valence-corrected chi connectivity index (χ3v) is 3.32. The van der Waals surface area contributed by atoms with Gasteiger partial charge in [0, 0.05) is 5.69 Å². The van der Waals surface area contributed by atoms with Crippen molar-refractivity contribution >= 4 is 44.7 Å². The molecule has 2 rings (SSSR count). The molecule has 0 radical (unpaired) electrons. The Kier molecular flexibility index (Phi) is 4.20. The highest BCUT2D eigenvalue weighted by molar-refractivity contribution is 9.10. The molecule has 0 aliphatic heterocycles. The third kappa shape index (κ3) is 3.23. The number of halogens is 3. The van der Waals surface area contributed by atoms with Crippen molar-refractivity contribution in [3.63, 3.8) is 0 Å². The minimum absolute atomic E-state index is 0.0167. The molecule has 0 fully saturated rings. The van der Waals surface area contributed by atoms with Gasteiger partial charge in [-0.1, -0.05) is 11.6 Å².